The minimum absolute atomic E-state index is 0.122. The van der Waals surface area contributed by atoms with Crippen molar-refractivity contribution < 1.29 is 23.8 Å². The molecule has 0 spiro atoms. The summed E-state index contributed by atoms with van der Waals surface area (Å²) in [6, 6.07) is 3.27. The lowest BCUT2D eigenvalue weighted by atomic mass is 9.97. The van der Waals surface area contributed by atoms with E-state index in [4.69, 9.17) is 14.2 Å². The normalized spacial score (nSPS) is 17.4. The van der Waals surface area contributed by atoms with Gasteiger partial charge in [0.15, 0.2) is 0 Å². The Morgan fingerprint density at radius 1 is 1.38 bits per heavy atom. The van der Waals surface area contributed by atoms with Crippen molar-refractivity contribution in [3.63, 3.8) is 0 Å². The van der Waals surface area contributed by atoms with E-state index in [1.807, 2.05) is 0 Å². The first-order valence-corrected chi connectivity index (χ1v) is 8.19. The van der Waals surface area contributed by atoms with Crippen LogP contribution in [0.15, 0.2) is 18.3 Å². The number of rotatable bonds is 7. The van der Waals surface area contributed by atoms with Crippen molar-refractivity contribution in [3.8, 4) is 5.88 Å². The Kier molecular flexibility index (Phi) is 6.99. The van der Waals surface area contributed by atoms with Gasteiger partial charge < -0.3 is 19.1 Å². The molecule has 1 aromatic rings. The Morgan fingerprint density at radius 3 is 2.96 bits per heavy atom. The van der Waals surface area contributed by atoms with Crippen LogP contribution in [0.25, 0.3) is 0 Å². The Hall–Kier alpha value is -2.15. The second-order valence-electron chi connectivity index (χ2n) is 5.57. The lowest BCUT2D eigenvalue weighted by Crippen LogP contribution is -2.42. The molecule has 1 aliphatic rings. The fourth-order valence-electron chi connectivity index (χ4n) is 2.65. The molecule has 132 valence electrons. The second kappa shape index (κ2) is 9.22. The molecular weight excluding hydrogens is 312 g/mol. The quantitative estimate of drug-likeness (QED) is 0.555. The van der Waals surface area contributed by atoms with E-state index < -0.39 is 0 Å². The van der Waals surface area contributed by atoms with Crippen molar-refractivity contribution in [3.05, 3.63) is 23.9 Å². The molecular formula is C17H24N2O5. The van der Waals surface area contributed by atoms with E-state index in [2.05, 4.69) is 4.98 Å². The number of carbonyl (C=O) groups excluding carboxylic acids is 2. The number of hydrogen-bond donors (Lipinski definition) is 0. The average Bonchev–Trinajstić information content (AvgIpc) is 2.62. The van der Waals surface area contributed by atoms with Gasteiger partial charge in [0, 0.05) is 38.0 Å². The largest absolute Gasteiger partial charge is 0.475 e. The zero-order valence-electron chi connectivity index (χ0n) is 14.2. The first kappa shape index (κ1) is 18.2. The predicted octanol–water partition coefficient (Wildman–Crippen LogP) is 1.52. The first-order valence-electron chi connectivity index (χ1n) is 8.19. The molecule has 2 rings (SSSR count). The van der Waals surface area contributed by atoms with Crippen molar-refractivity contribution in [2.24, 2.45) is 5.92 Å². The summed E-state index contributed by atoms with van der Waals surface area (Å²) in [5.74, 6) is -0.213. The molecule has 0 bridgehead atoms. The van der Waals surface area contributed by atoms with Gasteiger partial charge in [-0.3, -0.25) is 9.59 Å². The van der Waals surface area contributed by atoms with Crippen LogP contribution in [0.3, 0.4) is 0 Å². The van der Waals surface area contributed by atoms with E-state index in [9.17, 15) is 9.59 Å². The highest BCUT2D eigenvalue weighted by Crippen LogP contribution is 2.21. The number of piperidine rings is 1. The van der Waals surface area contributed by atoms with E-state index in [1.54, 1.807) is 37.3 Å². The maximum absolute atomic E-state index is 12.7. The highest BCUT2D eigenvalue weighted by atomic mass is 16.5. The molecule has 0 radical (unpaired) electrons. The van der Waals surface area contributed by atoms with Crippen LogP contribution in [0.5, 0.6) is 5.88 Å². The van der Waals surface area contributed by atoms with Crippen molar-refractivity contribution in [1.29, 1.82) is 0 Å². The number of pyridine rings is 1. The van der Waals surface area contributed by atoms with E-state index in [-0.39, 0.29) is 17.8 Å². The van der Waals surface area contributed by atoms with Gasteiger partial charge in [-0.05, 0) is 25.8 Å². The summed E-state index contributed by atoms with van der Waals surface area (Å²) in [4.78, 5) is 30.4. The molecule has 1 fully saturated rings. The van der Waals surface area contributed by atoms with Gasteiger partial charge >= 0.3 is 5.97 Å². The second-order valence-corrected chi connectivity index (χ2v) is 5.57. The Labute approximate surface area is 141 Å². The van der Waals surface area contributed by atoms with Gasteiger partial charge in [0.1, 0.15) is 6.61 Å². The molecule has 7 heteroatoms. The van der Waals surface area contributed by atoms with Crippen LogP contribution in [0.1, 0.15) is 30.1 Å². The Morgan fingerprint density at radius 2 is 2.21 bits per heavy atom. The van der Waals surface area contributed by atoms with Crippen LogP contribution in [0.4, 0.5) is 0 Å². The summed E-state index contributed by atoms with van der Waals surface area (Å²) < 4.78 is 15.4. The van der Waals surface area contributed by atoms with Gasteiger partial charge in [-0.25, -0.2) is 4.98 Å². The number of carbonyl (C=O) groups is 2. The van der Waals surface area contributed by atoms with Gasteiger partial charge in [0.25, 0.3) is 5.91 Å². The molecule has 2 heterocycles. The first-order chi connectivity index (χ1) is 11.7. The monoisotopic (exact) mass is 336 g/mol. The number of esters is 1. The van der Waals surface area contributed by atoms with Crippen molar-refractivity contribution in [1.82, 2.24) is 9.88 Å². The minimum atomic E-state index is -0.248. The molecule has 1 amide bonds. The van der Waals surface area contributed by atoms with Crippen LogP contribution < -0.4 is 4.74 Å². The Balaban J connectivity index is 1.99. The molecule has 1 aromatic heterocycles. The third-order valence-electron chi connectivity index (χ3n) is 3.85. The highest BCUT2D eigenvalue weighted by molar-refractivity contribution is 5.94. The fourth-order valence-corrected chi connectivity index (χ4v) is 2.65. The lowest BCUT2D eigenvalue weighted by molar-refractivity contribution is -0.149. The molecule has 0 aliphatic carbocycles. The number of hydrogen-bond acceptors (Lipinski definition) is 6. The number of likely N-dealkylation sites (tertiary alicyclic amines) is 1. The van der Waals surface area contributed by atoms with Gasteiger partial charge in [-0.2, -0.15) is 0 Å². The zero-order chi connectivity index (χ0) is 17.4. The Bertz CT molecular complexity index is 564. The van der Waals surface area contributed by atoms with Crippen LogP contribution in [0.2, 0.25) is 0 Å². The summed E-state index contributed by atoms with van der Waals surface area (Å²) in [7, 11) is 1.59. The highest BCUT2D eigenvalue weighted by Gasteiger charge is 2.29. The number of methoxy groups -OCH3 is 1. The number of nitrogens with zero attached hydrogens (tertiary/aromatic N) is 2. The minimum Gasteiger partial charge on any atom is -0.475 e. The van der Waals surface area contributed by atoms with Gasteiger partial charge in [0.05, 0.1) is 19.1 Å². The van der Waals surface area contributed by atoms with Gasteiger partial charge in [-0.15, -0.1) is 0 Å². The van der Waals surface area contributed by atoms with E-state index in [1.165, 1.54) is 0 Å². The average molecular weight is 336 g/mol. The van der Waals surface area contributed by atoms with Gasteiger partial charge in [0.2, 0.25) is 5.88 Å². The van der Waals surface area contributed by atoms with Crippen molar-refractivity contribution >= 4 is 11.9 Å². The third-order valence-corrected chi connectivity index (χ3v) is 3.85. The van der Waals surface area contributed by atoms with Gasteiger partial charge in [-0.1, -0.05) is 0 Å². The van der Waals surface area contributed by atoms with Crippen LogP contribution >= 0.6 is 0 Å². The standard InChI is InChI=1S/C17H24N2O5/c1-3-23-17(21)14-5-4-8-19(12-14)16(20)13-6-7-18-15(11-13)24-10-9-22-2/h6-7,11,14H,3-5,8-10,12H2,1-2H3. The maximum atomic E-state index is 12.7. The van der Waals surface area contributed by atoms with Crippen LogP contribution in [0, 0.1) is 5.92 Å². The molecule has 7 nitrogen and oxygen atoms in total. The number of ether oxygens (including phenoxy) is 3. The number of aromatic nitrogens is 1. The fraction of sp³-hybridized carbons (Fsp3) is 0.588. The van der Waals surface area contributed by atoms with E-state index in [0.29, 0.717) is 44.4 Å². The maximum Gasteiger partial charge on any atom is 0.310 e. The topological polar surface area (TPSA) is 78.0 Å². The molecule has 1 atom stereocenters. The van der Waals surface area contributed by atoms with E-state index in [0.717, 1.165) is 12.8 Å². The SMILES string of the molecule is CCOC(=O)C1CCCN(C(=O)c2ccnc(OCCOC)c2)C1. The van der Waals surface area contributed by atoms with Crippen LogP contribution in [-0.2, 0) is 14.3 Å². The lowest BCUT2D eigenvalue weighted by Gasteiger charge is -2.31. The molecule has 1 unspecified atom stereocenters. The zero-order valence-corrected chi connectivity index (χ0v) is 14.2. The van der Waals surface area contributed by atoms with Crippen LogP contribution in [-0.4, -0.2) is 61.8 Å². The molecule has 0 saturated carbocycles. The van der Waals surface area contributed by atoms with Crippen molar-refractivity contribution in [2.45, 2.75) is 19.8 Å². The van der Waals surface area contributed by atoms with E-state index >= 15 is 0 Å². The van der Waals surface area contributed by atoms with Crippen molar-refractivity contribution in [2.75, 3.05) is 40.0 Å². The summed E-state index contributed by atoms with van der Waals surface area (Å²) in [5.41, 5.74) is 0.502. The summed E-state index contributed by atoms with van der Waals surface area (Å²) in [5, 5.41) is 0. The molecule has 1 saturated heterocycles. The molecule has 1 aliphatic heterocycles. The third kappa shape index (κ3) is 4.92. The summed E-state index contributed by atoms with van der Waals surface area (Å²) in [6.07, 6.45) is 3.09. The summed E-state index contributed by atoms with van der Waals surface area (Å²) in [6.45, 7) is 3.99. The molecule has 24 heavy (non-hydrogen) atoms. The molecule has 0 N–H and O–H groups in total. The molecule has 0 aromatic carbocycles. The number of amides is 1. The smallest absolute Gasteiger partial charge is 0.310 e. The summed E-state index contributed by atoms with van der Waals surface area (Å²) >= 11 is 0. The predicted molar refractivity (Wildman–Crippen MR) is 86.9 cm³/mol.